The molecule has 0 fully saturated rings. The Morgan fingerprint density at radius 1 is 1.12 bits per heavy atom. The van der Waals surface area contributed by atoms with Crippen LogP contribution >= 0.6 is 35.0 Å². The quantitative estimate of drug-likeness (QED) is 0.328. The van der Waals surface area contributed by atoms with Gasteiger partial charge in [-0.3, -0.25) is 4.79 Å². The summed E-state index contributed by atoms with van der Waals surface area (Å²) in [7, 11) is 0. The highest BCUT2D eigenvalue weighted by molar-refractivity contribution is 7.99. The number of aromatic nitrogens is 2. The van der Waals surface area contributed by atoms with E-state index in [9.17, 15) is 4.79 Å². The molecular formula is C18H14Cl2N2O2S. The molecule has 0 atom stereocenters. The topological polar surface area (TPSA) is 44.1 Å². The van der Waals surface area contributed by atoms with Gasteiger partial charge in [0.1, 0.15) is 5.94 Å². The summed E-state index contributed by atoms with van der Waals surface area (Å²) >= 11 is 13.5. The van der Waals surface area contributed by atoms with Gasteiger partial charge in [-0.1, -0.05) is 47.1 Å². The first-order chi connectivity index (χ1) is 12.0. The van der Waals surface area contributed by atoms with Crippen LogP contribution in [0.2, 0.25) is 10.2 Å². The van der Waals surface area contributed by atoms with Crippen LogP contribution in [0.15, 0.2) is 59.5 Å². The van der Waals surface area contributed by atoms with Crippen molar-refractivity contribution in [3.63, 3.8) is 0 Å². The van der Waals surface area contributed by atoms with Crippen LogP contribution in [-0.4, -0.2) is 21.7 Å². The minimum atomic E-state index is -0.286. The van der Waals surface area contributed by atoms with Gasteiger partial charge in [-0.15, -0.1) is 0 Å². The zero-order valence-electron chi connectivity index (χ0n) is 13.3. The lowest BCUT2D eigenvalue weighted by molar-refractivity contribution is -0.138. The molecule has 0 saturated carbocycles. The number of halogens is 2. The van der Waals surface area contributed by atoms with Crippen molar-refractivity contribution in [2.24, 2.45) is 0 Å². The third kappa shape index (κ3) is 4.57. The number of thioether (sulfide) groups is 1. The predicted octanol–water partition coefficient (Wildman–Crippen LogP) is 5.46. The van der Waals surface area contributed by atoms with Crippen molar-refractivity contribution in [1.82, 2.24) is 9.78 Å². The minimum Gasteiger partial charge on any atom is -0.454 e. The van der Waals surface area contributed by atoms with E-state index in [-0.39, 0.29) is 5.97 Å². The van der Waals surface area contributed by atoms with Crippen molar-refractivity contribution in [2.75, 3.05) is 5.94 Å². The van der Waals surface area contributed by atoms with Gasteiger partial charge in [0.2, 0.25) is 0 Å². The number of esters is 1. The van der Waals surface area contributed by atoms with Crippen LogP contribution in [0.25, 0.3) is 16.9 Å². The Hall–Kier alpha value is -1.95. The molecular weight excluding hydrogens is 379 g/mol. The Morgan fingerprint density at radius 3 is 2.44 bits per heavy atom. The van der Waals surface area contributed by atoms with Gasteiger partial charge < -0.3 is 4.74 Å². The molecule has 128 valence electrons. The zero-order chi connectivity index (χ0) is 17.8. The average Bonchev–Trinajstić information content (AvgIpc) is 2.98. The highest BCUT2D eigenvalue weighted by Crippen LogP contribution is 2.28. The van der Waals surface area contributed by atoms with Crippen molar-refractivity contribution < 1.29 is 9.53 Å². The van der Waals surface area contributed by atoms with Gasteiger partial charge in [0.25, 0.3) is 0 Å². The Morgan fingerprint density at radius 2 is 1.80 bits per heavy atom. The van der Waals surface area contributed by atoms with E-state index in [1.54, 1.807) is 4.68 Å². The fraction of sp³-hybridized carbons (Fsp3) is 0.111. The lowest BCUT2D eigenvalue weighted by atomic mass is 10.1. The monoisotopic (exact) mass is 392 g/mol. The molecule has 0 aliphatic carbocycles. The summed E-state index contributed by atoms with van der Waals surface area (Å²) in [6, 6.07) is 17.1. The summed E-state index contributed by atoms with van der Waals surface area (Å²) in [4.78, 5) is 11.8. The third-order valence-electron chi connectivity index (χ3n) is 3.39. The molecule has 2 aromatic carbocycles. The normalized spacial score (nSPS) is 10.7. The van der Waals surface area contributed by atoms with E-state index >= 15 is 0 Å². The zero-order valence-corrected chi connectivity index (χ0v) is 15.6. The Balaban J connectivity index is 1.84. The number of rotatable bonds is 5. The number of benzene rings is 2. The lowest BCUT2D eigenvalue weighted by Crippen LogP contribution is -1.99. The van der Waals surface area contributed by atoms with Crippen LogP contribution in [0.1, 0.15) is 6.92 Å². The number of nitrogens with zero attached hydrogens (tertiary/aromatic N) is 2. The smallest absolute Gasteiger partial charge is 0.303 e. The second kappa shape index (κ2) is 7.95. The molecule has 0 bridgehead atoms. The van der Waals surface area contributed by atoms with E-state index in [2.05, 4.69) is 5.10 Å². The van der Waals surface area contributed by atoms with Gasteiger partial charge in [-0.25, -0.2) is 4.68 Å². The highest BCUT2D eigenvalue weighted by Gasteiger charge is 2.11. The van der Waals surface area contributed by atoms with Crippen molar-refractivity contribution in [3.05, 3.63) is 64.8 Å². The Kier molecular flexibility index (Phi) is 5.68. The largest absolute Gasteiger partial charge is 0.454 e. The highest BCUT2D eigenvalue weighted by atomic mass is 35.5. The van der Waals surface area contributed by atoms with E-state index in [1.807, 2.05) is 54.6 Å². The van der Waals surface area contributed by atoms with Crippen LogP contribution in [-0.2, 0) is 9.53 Å². The van der Waals surface area contributed by atoms with Crippen molar-refractivity contribution in [3.8, 4) is 16.9 Å². The molecule has 0 spiro atoms. The third-order valence-corrected chi connectivity index (χ3v) is 4.67. The number of carbonyl (C=O) groups excluding carboxylic acids is 1. The predicted molar refractivity (Wildman–Crippen MR) is 102 cm³/mol. The van der Waals surface area contributed by atoms with Crippen LogP contribution < -0.4 is 0 Å². The van der Waals surface area contributed by atoms with Gasteiger partial charge >= 0.3 is 5.97 Å². The molecule has 0 amide bonds. The maximum Gasteiger partial charge on any atom is 0.303 e. The van der Waals surface area contributed by atoms with Crippen molar-refractivity contribution in [1.29, 1.82) is 0 Å². The summed E-state index contributed by atoms with van der Waals surface area (Å²) in [6.07, 6.45) is 0. The summed E-state index contributed by atoms with van der Waals surface area (Å²) in [6.45, 7) is 1.39. The molecule has 25 heavy (non-hydrogen) atoms. The van der Waals surface area contributed by atoms with Gasteiger partial charge in [-0.2, -0.15) is 5.10 Å². The van der Waals surface area contributed by atoms with E-state index in [1.165, 1.54) is 18.7 Å². The maximum absolute atomic E-state index is 10.8. The second-order valence-corrected chi connectivity index (χ2v) is 6.98. The molecule has 0 saturated heterocycles. The SMILES string of the molecule is CC(=O)OCSc1ccc(-c2cc(Cl)nn2-c2ccc(Cl)cc2)cc1. The molecule has 0 unspecified atom stereocenters. The molecule has 4 nitrogen and oxygen atoms in total. The number of hydrogen-bond acceptors (Lipinski definition) is 4. The van der Waals surface area contributed by atoms with Gasteiger partial charge in [0, 0.05) is 28.5 Å². The summed E-state index contributed by atoms with van der Waals surface area (Å²) in [5, 5.41) is 5.43. The standard InChI is InChI=1S/C18H14Cl2N2O2S/c1-12(23)24-11-25-16-8-2-13(3-9-16)17-10-18(20)21-22(17)15-6-4-14(19)5-7-15/h2-10H,11H2,1H3. The molecule has 0 aliphatic heterocycles. The number of hydrogen-bond donors (Lipinski definition) is 0. The van der Waals surface area contributed by atoms with Gasteiger partial charge in [-0.05, 0) is 36.4 Å². The lowest BCUT2D eigenvalue weighted by Gasteiger charge is -2.08. The van der Waals surface area contributed by atoms with E-state index in [4.69, 9.17) is 27.9 Å². The maximum atomic E-state index is 10.8. The molecule has 3 aromatic rings. The van der Waals surface area contributed by atoms with E-state index in [0.717, 1.165) is 21.8 Å². The van der Waals surface area contributed by atoms with E-state index in [0.29, 0.717) is 16.1 Å². The van der Waals surface area contributed by atoms with Crippen LogP contribution in [0.3, 0.4) is 0 Å². The Labute approximate surface area is 159 Å². The van der Waals surface area contributed by atoms with Crippen LogP contribution in [0.5, 0.6) is 0 Å². The molecule has 3 rings (SSSR count). The van der Waals surface area contributed by atoms with Crippen LogP contribution in [0, 0.1) is 0 Å². The fourth-order valence-electron chi connectivity index (χ4n) is 2.24. The Bertz CT molecular complexity index is 877. The minimum absolute atomic E-state index is 0.286. The number of ether oxygens (including phenoxy) is 1. The van der Waals surface area contributed by atoms with Gasteiger partial charge in [0.05, 0.1) is 11.4 Å². The first-order valence-corrected chi connectivity index (χ1v) is 9.15. The molecule has 7 heteroatoms. The molecule has 1 aromatic heterocycles. The summed E-state index contributed by atoms with van der Waals surface area (Å²) in [5.41, 5.74) is 2.73. The summed E-state index contributed by atoms with van der Waals surface area (Å²) < 4.78 is 6.71. The van der Waals surface area contributed by atoms with Crippen LogP contribution in [0.4, 0.5) is 0 Å². The van der Waals surface area contributed by atoms with E-state index < -0.39 is 0 Å². The molecule has 1 heterocycles. The van der Waals surface area contributed by atoms with Crippen molar-refractivity contribution in [2.45, 2.75) is 11.8 Å². The molecule has 0 N–H and O–H groups in total. The first-order valence-electron chi connectivity index (χ1n) is 7.41. The van der Waals surface area contributed by atoms with Gasteiger partial charge in [0.15, 0.2) is 5.15 Å². The fourth-order valence-corrected chi connectivity index (χ4v) is 3.23. The second-order valence-electron chi connectivity index (χ2n) is 5.16. The first kappa shape index (κ1) is 17.9. The molecule has 0 radical (unpaired) electrons. The summed E-state index contributed by atoms with van der Waals surface area (Å²) in [5.74, 6) is 0.00840. The molecule has 0 aliphatic rings. The average molecular weight is 393 g/mol. The number of carbonyl (C=O) groups is 1. The van der Waals surface area contributed by atoms with Crippen molar-refractivity contribution >= 4 is 40.9 Å².